The number of benzene rings is 2. The summed E-state index contributed by atoms with van der Waals surface area (Å²) in [4.78, 5) is 14.6. The molecule has 0 aromatic heterocycles. The van der Waals surface area contributed by atoms with Gasteiger partial charge in [-0.1, -0.05) is 53.8 Å². The van der Waals surface area contributed by atoms with Crippen LogP contribution in [0, 0.1) is 6.92 Å². The molecule has 1 heterocycles. The van der Waals surface area contributed by atoms with Crippen molar-refractivity contribution in [2.24, 2.45) is 0 Å². The summed E-state index contributed by atoms with van der Waals surface area (Å²) in [5.41, 5.74) is 1.87. The first-order chi connectivity index (χ1) is 14.0. The van der Waals surface area contributed by atoms with Crippen molar-refractivity contribution in [3.05, 3.63) is 63.5 Å². The fraction of sp³-hybridized carbons (Fsp3) is 0.273. The predicted molar refractivity (Wildman–Crippen MR) is 124 cm³/mol. The van der Waals surface area contributed by atoms with Gasteiger partial charge in [-0.25, -0.2) is 0 Å². The molecular formula is C22H22ClNO3S2. The summed E-state index contributed by atoms with van der Waals surface area (Å²) in [5, 5.41) is 0.581. The number of halogens is 1. The van der Waals surface area contributed by atoms with Gasteiger partial charge in [-0.15, -0.1) is 0 Å². The van der Waals surface area contributed by atoms with Gasteiger partial charge < -0.3 is 9.47 Å². The zero-order chi connectivity index (χ0) is 20.8. The molecule has 1 aliphatic rings. The van der Waals surface area contributed by atoms with E-state index in [0.29, 0.717) is 39.8 Å². The first-order valence-electron chi connectivity index (χ1n) is 9.35. The van der Waals surface area contributed by atoms with Gasteiger partial charge in [-0.05, 0) is 49.8 Å². The van der Waals surface area contributed by atoms with E-state index < -0.39 is 0 Å². The Balaban J connectivity index is 1.62. The van der Waals surface area contributed by atoms with Crippen LogP contribution in [0.2, 0.25) is 5.02 Å². The van der Waals surface area contributed by atoms with Gasteiger partial charge in [-0.2, -0.15) is 0 Å². The van der Waals surface area contributed by atoms with Crippen LogP contribution in [0.1, 0.15) is 24.5 Å². The lowest BCUT2D eigenvalue weighted by Gasteiger charge is -2.12. The number of rotatable bonds is 8. The van der Waals surface area contributed by atoms with Gasteiger partial charge in [0.25, 0.3) is 5.91 Å². The topological polar surface area (TPSA) is 38.8 Å². The molecular weight excluding hydrogens is 426 g/mol. The number of thioether (sulfide) groups is 1. The summed E-state index contributed by atoms with van der Waals surface area (Å²) in [6.45, 7) is 5.53. The number of ether oxygens (including phenoxy) is 2. The Labute approximate surface area is 185 Å². The van der Waals surface area contributed by atoms with Crippen molar-refractivity contribution in [2.45, 2.75) is 20.3 Å². The van der Waals surface area contributed by atoms with Gasteiger partial charge in [0.2, 0.25) is 0 Å². The predicted octanol–water partition coefficient (Wildman–Crippen LogP) is 5.72. The fourth-order valence-corrected chi connectivity index (χ4v) is 4.37. The summed E-state index contributed by atoms with van der Waals surface area (Å²) < 4.78 is 12.3. The van der Waals surface area contributed by atoms with Crippen molar-refractivity contribution in [3.8, 4) is 11.5 Å². The fourth-order valence-electron chi connectivity index (χ4n) is 2.82. The highest BCUT2D eigenvalue weighted by Gasteiger charge is 2.30. The van der Waals surface area contributed by atoms with E-state index >= 15 is 0 Å². The summed E-state index contributed by atoms with van der Waals surface area (Å²) >= 11 is 12.7. The number of thiocarbonyl (C=S) groups is 1. The molecule has 0 aliphatic carbocycles. The van der Waals surface area contributed by atoms with E-state index in [0.717, 1.165) is 23.3 Å². The number of para-hydroxylation sites is 1. The Morgan fingerprint density at radius 3 is 2.55 bits per heavy atom. The monoisotopic (exact) mass is 447 g/mol. The largest absolute Gasteiger partial charge is 0.493 e. The van der Waals surface area contributed by atoms with Gasteiger partial charge in [0.15, 0.2) is 0 Å². The SMILES string of the molecule is CCN1C(=O)/C(=C/c2cc(Cl)ccc2OCCCOc2ccccc2C)SC1=S. The molecule has 0 bridgehead atoms. The van der Waals surface area contributed by atoms with Crippen LogP contribution in [0.3, 0.4) is 0 Å². The Morgan fingerprint density at radius 1 is 1.14 bits per heavy atom. The number of likely N-dealkylation sites (N-methyl/N-ethyl adjacent to an activating group) is 1. The second-order valence-corrected chi connectivity index (χ2v) is 8.54. The Kier molecular flexibility index (Phi) is 7.58. The molecule has 2 aromatic rings. The van der Waals surface area contributed by atoms with E-state index in [-0.39, 0.29) is 5.91 Å². The number of hydrogen-bond donors (Lipinski definition) is 0. The normalized spacial score (nSPS) is 15.3. The van der Waals surface area contributed by atoms with Crippen molar-refractivity contribution in [3.63, 3.8) is 0 Å². The second kappa shape index (κ2) is 10.1. The molecule has 4 nitrogen and oxygen atoms in total. The average Bonchev–Trinajstić information content (AvgIpc) is 2.97. The number of carbonyl (C=O) groups excluding carboxylic acids is 1. The number of aryl methyl sites for hydroxylation is 1. The van der Waals surface area contributed by atoms with Crippen LogP contribution in [0.15, 0.2) is 47.4 Å². The van der Waals surface area contributed by atoms with Crippen LogP contribution in [0.5, 0.6) is 11.5 Å². The van der Waals surface area contributed by atoms with Gasteiger partial charge in [0.05, 0.1) is 18.1 Å². The summed E-state index contributed by atoms with van der Waals surface area (Å²) in [7, 11) is 0. The molecule has 0 unspecified atom stereocenters. The Bertz CT molecular complexity index is 945. The number of nitrogens with zero attached hydrogens (tertiary/aromatic N) is 1. The average molecular weight is 448 g/mol. The van der Waals surface area contributed by atoms with Gasteiger partial charge in [0.1, 0.15) is 15.8 Å². The maximum atomic E-state index is 12.5. The zero-order valence-corrected chi connectivity index (χ0v) is 18.7. The summed E-state index contributed by atoms with van der Waals surface area (Å²) in [6.07, 6.45) is 2.52. The molecule has 7 heteroatoms. The first-order valence-corrected chi connectivity index (χ1v) is 11.0. The standard InChI is InChI=1S/C22H22ClNO3S2/c1-3-24-21(25)20(29-22(24)28)14-16-13-17(23)9-10-19(16)27-12-6-11-26-18-8-5-4-7-15(18)2/h4-5,7-10,13-14H,3,6,11-12H2,1-2H3/b20-14-. The summed E-state index contributed by atoms with van der Waals surface area (Å²) in [6, 6.07) is 13.3. The molecule has 2 aromatic carbocycles. The molecule has 1 saturated heterocycles. The van der Waals surface area contributed by atoms with E-state index in [1.54, 1.807) is 23.1 Å². The van der Waals surface area contributed by atoms with Crippen LogP contribution in [0.4, 0.5) is 0 Å². The highest BCUT2D eigenvalue weighted by Crippen LogP contribution is 2.34. The third-order valence-electron chi connectivity index (χ3n) is 4.35. The molecule has 1 amide bonds. The lowest BCUT2D eigenvalue weighted by molar-refractivity contribution is -0.121. The minimum absolute atomic E-state index is 0.0833. The van der Waals surface area contributed by atoms with Crippen LogP contribution < -0.4 is 9.47 Å². The molecule has 0 atom stereocenters. The molecule has 0 spiro atoms. The summed E-state index contributed by atoms with van der Waals surface area (Å²) in [5.74, 6) is 1.48. The van der Waals surface area contributed by atoms with Crippen molar-refractivity contribution in [1.82, 2.24) is 4.90 Å². The van der Waals surface area contributed by atoms with Crippen molar-refractivity contribution < 1.29 is 14.3 Å². The lowest BCUT2D eigenvalue weighted by Crippen LogP contribution is -2.27. The maximum absolute atomic E-state index is 12.5. The maximum Gasteiger partial charge on any atom is 0.266 e. The van der Waals surface area contributed by atoms with Gasteiger partial charge in [-0.3, -0.25) is 9.69 Å². The molecule has 1 aliphatic heterocycles. The Hall–Kier alpha value is -2.02. The van der Waals surface area contributed by atoms with Crippen molar-refractivity contribution in [1.29, 1.82) is 0 Å². The third kappa shape index (κ3) is 5.53. The highest BCUT2D eigenvalue weighted by molar-refractivity contribution is 8.26. The zero-order valence-electron chi connectivity index (χ0n) is 16.3. The quantitative estimate of drug-likeness (QED) is 0.294. The first kappa shape index (κ1) is 21.7. The molecule has 1 fully saturated rings. The van der Waals surface area contributed by atoms with E-state index in [9.17, 15) is 4.79 Å². The molecule has 3 rings (SSSR count). The number of hydrogen-bond acceptors (Lipinski definition) is 5. The van der Waals surface area contributed by atoms with Crippen LogP contribution in [0.25, 0.3) is 6.08 Å². The van der Waals surface area contributed by atoms with Gasteiger partial charge >= 0.3 is 0 Å². The third-order valence-corrected chi connectivity index (χ3v) is 5.96. The minimum atomic E-state index is -0.0833. The van der Waals surface area contributed by atoms with Crippen LogP contribution >= 0.6 is 35.6 Å². The minimum Gasteiger partial charge on any atom is -0.493 e. The lowest BCUT2D eigenvalue weighted by atomic mass is 10.2. The van der Waals surface area contributed by atoms with Crippen molar-refractivity contribution in [2.75, 3.05) is 19.8 Å². The number of carbonyl (C=O) groups is 1. The van der Waals surface area contributed by atoms with E-state index in [1.165, 1.54) is 11.8 Å². The molecule has 0 radical (unpaired) electrons. The molecule has 152 valence electrons. The van der Waals surface area contributed by atoms with E-state index in [4.69, 9.17) is 33.3 Å². The smallest absolute Gasteiger partial charge is 0.266 e. The molecule has 0 N–H and O–H groups in total. The van der Waals surface area contributed by atoms with Gasteiger partial charge in [0, 0.05) is 23.6 Å². The van der Waals surface area contributed by atoms with Crippen LogP contribution in [-0.2, 0) is 4.79 Å². The number of amides is 1. The second-order valence-electron chi connectivity index (χ2n) is 6.42. The van der Waals surface area contributed by atoms with E-state index in [1.807, 2.05) is 44.2 Å². The molecule has 29 heavy (non-hydrogen) atoms. The highest BCUT2D eigenvalue weighted by atomic mass is 35.5. The Morgan fingerprint density at radius 2 is 1.86 bits per heavy atom. The van der Waals surface area contributed by atoms with E-state index in [2.05, 4.69) is 0 Å². The molecule has 0 saturated carbocycles. The van der Waals surface area contributed by atoms with Crippen LogP contribution in [-0.4, -0.2) is 34.9 Å². The van der Waals surface area contributed by atoms with Crippen molar-refractivity contribution >= 4 is 51.9 Å².